The van der Waals surface area contributed by atoms with E-state index in [0.717, 1.165) is 32.7 Å². The second-order valence-corrected chi connectivity index (χ2v) is 15.8. The number of rotatable bonds is 4. The molecule has 1 heteroatoms. The van der Waals surface area contributed by atoms with E-state index in [4.69, 9.17) is 6.85 Å². The Labute approximate surface area is 321 Å². The second-order valence-electron chi connectivity index (χ2n) is 13.5. The first kappa shape index (κ1) is 25.7. The summed E-state index contributed by atoms with van der Waals surface area (Å²) >= 11 is 0.0103. The van der Waals surface area contributed by atoms with Gasteiger partial charge in [0.2, 0.25) is 0 Å². The molecular formula is C52H32Se. The predicted molar refractivity (Wildman–Crippen MR) is 230 cm³/mol. The van der Waals surface area contributed by atoms with E-state index >= 15 is 0 Å². The van der Waals surface area contributed by atoms with E-state index in [-0.39, 0.29) is 44.2 Å². The van der Waals surface area contributed by atoms with Gasteiger partial charge in [-0.05, 0) is 0 Å². The van der Waals surface area contributed by atoms with Crippen LogP contribution in [0.15, 0.2) is 194 Å². The molecule has 0 aliphatic carbocycles. The molecule has 0 atom stereocenters. The monoisotopic (exact) mass is 741 g/mol. The summed E-state index contributed by atoms with van der Waals surface area (Å²) in [6.07, 6.45) is 0. The molecule has 0 aliphatic rings. The Hall–Kier alpha value is -6.24. The zero-order chi connectivity index (χ0) is 39.2. The van der Waals surface area contributed by atoms with Gasteiger partial charge in [-0.1, -0.05) is 0 Å². The van der Waals surface area contributed by atoms with Crippen LogP contribution in [0.25, 0.3) is 107 Å². The summed E-state index contributed by atoms with van der Waals surface area (Å²) < 4.78 is 45.8. The maximum absolute atomic E-state index is 8.94. The third-order valence-electron chi connectivity index (χ3n) is 10.7. The molecule has 0 fully saturated rings. The first-order chi connectivity index (χ1) is 28.4. The molecule has 0 amide bonds. The van der Waals surface area contributed by atoms with Crippen molar-refractivity contribution in [1.29, 1.82) is 0 Å². The van der Waals surface area contributed by atoms with Gasteiger partial charge in [0.05, 0.1) is 0 Å². The quantitative estimate of drug-likeness (QED) is 0.124. The minimum atomic E-state index is -0.390. The van der Waals surface area contributed by atoms with Crippen LogP contribution in [0.2, 0.25) is 0 Å². The fourth-order valence-electron chi connectivity index (χ4n) is 8.57. The molecule has 246 valence electrons. The van der Waals surface area contributed by atoms with Crippen LogP contribution in [-0.4, -0.2) is 14.5 Å². The van der Waals surface area contributed by atoms with Crippen LogP contribution >= 0.6 is 0 Å². The minimum absolute atomic E-state index is 0.0103. The first-order valence-corrected chi connectivity index (χ1v) is 19.6. The van der Waals surface area contributed by atoms with Gasteiger partial charge in [-0.3, -0.25) is 0 Å². The Morgan fingerprint density at radius 3 is 1.32 bits per heavy atom. The fourth-order valence-corrected chi connectivity index (χ4v) is 11.2. The molecule has 0 bridgehead atoms. The molecule has 0 spiro atoms. The van der Waals surface area contributed by atoms with Crippen LogP contribution in [0.5, 0.6) is 0 Å². The topological polar surface area (TPSA) is 0 Å². The van der Waals surface area contributed by atoms with Crippen molar-refractivity contribution in [2.45, 2.75) is 0 Å². The zero-order valence-electron chi connectivity index (χ0n) is 33.5. The van der Waals surface area contributed by atoms with Crippen LogP contribution in [0.3, 0.4) is 0 Å². The standard InChI is InChI=1S/C52H32Se/c1-3-16-33(17-4-1)48-37-20-7-9-22-39(37)50(40-23-10-8-21-38(40)48)35-30-31-36-45-28-15-29-46(52(45)53-47(36)32-35)51-43-26-13-11-24-41(43)49(34-18-5-2-6-19-34)42-25-12-14-27-44(42)51/h1-32H/i1D,3D,4D,16D,17D. The molecule has 0 unspecified atom stereocenters. The SMILES string of the molecule is [2H]c1c([2H])c([2H])c(-c2c3ccccc3c(-c3ccc4c(c3)[se]c3c(-c5c6ccccc6c(-c6ccccc6)c6ccccc56)cccc34)c3ccccc23)c([2H])c1[2H]. The number of hydrogen-bond acceptors (Lipinski definition) is 0. The Bertz CT molecular complexity index is 3370. The molecule has 0 N–H and O–H groups in total. The van der Waals surface area contributed by atoms with Gasteiger partial charge >= 0.3 is 322 Å². The third-order valence-corrected chi connectivity index (χ3v) is 13.3. The van der Waals surface area contributed by atoms with Crippen LogP contribution in [0.1, 0.15) is 6.85 Å². The van der Waals surface area contributed by atoms with E-state index in [1.165, 1.54) is 63.1 Å². The molecule has 1 heterocycles. The van der Waals surface area contributed by atoms with Crippen molar-refractivity contribution < 1.29 is 6.85 Å². The molecule has 53 heavy (non-hydrogen) atoms. The van der Waals surface area contributed by atoms with E-state index in [1.54, 1.807) is 0 Å². The van der Waals surface area contributed by atoms with Gasteiger partial charge in [-0.25, -0.2) is 0 Å². The third kappa shape index (κ3) is 4.69. The summed E-state index contributed by atoms with van der Waals surface area (Å²) in [6.45, 7) is 0. The van der Waals surface area contributed by atoms with Gasteiger partial charge < -0.3 is 0 Å². The molecular weight excluding hydrogens is 704 g/mol. The molecule has 11 rings (SSSR count). The second kappa shape index (κ2) is 12.2. The van der Waals surface area contributed by atoms with E-state index in [1.807, 2.05) is 36.4 Å². The molecule has 0 radical (unpaired) electrons. The van der Waals surface area contributed by atoms with Crippen molar-refractivity contribution in [3.8, 4) is 44.5 Å². The normalized spacial score (nSPS) is 13.1. The van der Waals surface area contributed by atoms with Crippen LogP contribution in [-0.2, 0) is 0 Å². The van der Waals surface area contributed by atoms with Gasteiger partial charge in [0, 0.05) is 0 Å². The van der Waals surface area contributed by atoms with Gasteiger partial charge in [0.25, 0.3) is 0 Å². The van der Waals surface area contributed by atoms with Gasteiger partial charge in [-0.2, -0.15) is 0 Å². The summed E-state index contributed by atoms with van der Waals surface area (Å²) in [6, 6.07) is 56.8. The average molecular weight is 741 g/mol. The molecule has 0 saturated carbocycles. The Kier molecular flexibility index (Phi) is 5.90. The molecule has 0 aliphatic heterocycles. The van der Waals surface area contributed by atoms with Crippen molar-refractivity contribution in [1.82, 2.24) is 0 Å². The summed E-state index contributed by atoms with van der Waals surface area (Å²) in [4.78, 5) is 0. The number of hydrogen-bond donors (Lipinski definition) is 0. The molecule has 1 aromatic heterocycles. The first-order valence-electron chi connectivity index (χ1n) is 20.4. The van der Waals surface area contributed by atoms with Crippen molar-refractivity contribution in [3.05, 3.63) is 194 Å². The predicted octanol–water partition coefficient (Wildman–Crippen LogP) is 14.3. The Balaban J connectivity index is 1.17. The van der Waals surface area contributed by atoms with Crippen molar-refractivity contribution in [2.75, 3.05) is 0 Å². The Morgan fingerprint density at radius 2 is 0.774 bits per heavy atom. The van der Waals surface area contributed by atoms with Crippen LogP contribution in [0, 0.1) is 0 Å². The molecule has 0 nitrogen and oxygen atoms in total. The van der Waals surface area contributed by atoms with E-state index in [9.17, 15) is 0 Å². The van der Waals surface area contributed by atoms with Crippen molar-refractivity contribution in [3.63, 3.8) is 0 Å². The van der Waals surface area contributed by atoms with E-state index in [0.29, 0.717) is 5.56 Å². The summed E-state index contributed by atoms with van der Waals surface area (Å²) in [7, 11) is 0. The van der Waals surface area contributed by atoms with Crippen LogP contribution < -0.4 is 0 Å². The summed E-state index contributed by atoms with van der Waals surface area (Å²) in [5.41, 5.74) is 8.08. The van der Waals surface area contributed by atoms with Crippen molar-refractivity contribution in [2.24, 2.45) is 0 Å². The number of benzene rings is 10. The van der Waals surface area contributed by atoms with E-state index < -0.39 is 6.04 Å². The maximum atomic E-state index is 8.94. The molecule has 0 saturated heterocycles. The average Bonchev–Trinajstić information content (AvgIpc) is 3.65. The summed E-state index contributed by atoms with van der Waals surface area (Å²) in [5.74, 6) is 0. The number of fused-ring (bicyclic) bond motifs is 7. The van der Waals surface area contributed by atoms with Gasteiger partial charge in [-0.15, -0.1) is 0 Å². The Morgan fingerprint density at radius 1 is 0.321 bits per heavy atom. The molecule has 10 aromatic carbocycles. The molecule has 11 aromatic rings. The zero-order valence-corrected chi connectivity index (χ0v) is 30.2. The van der Waals surface area contributed by atoms with Gasteiger partial charge in [0.1, 0.15) is 0 Å². The van der Waals surface area contributed by atoms with E-state index in [2.05, 4.69) is 127 Å². The van der Waals surface area contributed by atoms with Gasteiger partial charge in [0.15, 0.2) is 0 Å². The fraction of sp³-hybridized carbons (Fsp3) is 0. The van der Waals surface area contributed by atoms with Crippen molar-refractivity contribution >= 4 is 76.9 Å². The summed E-state index contributed by atoms with van der Waals surface area (Å²) in [5, 5.41) is 11.2. The van der Waals surface area contributed by atoms with Crippen LogP contribution in [0.4, 0.5) is 0 Å².